The number of nitrogens with one attached hydrogen (secondary N) is 1. The molecule has 1 unspecified atom stereocenters. The number of hydrogen-bond donors (Lipinski definition) is 1. The molecule has 0 radical (unpaired) electrons. The molecule has 0 aliphatic heterocycles. The summed E-state index contributed by atoms with van der Waals surface area (Å²) < 4.78 is 41.5. The third-order valence-corrected chi connectivity index (χ3v) is 5.87. The molecule has 0 saturated heterocycles. The predicted octanol–water partition coefficient (Wildman–Crippen LogP) is 4.43. The van der Waals surface area contributed by atoms with Crippen LogP contribution >= 0.6 is 0 Å². The summed E-state index contributed by atoms with van der Waals surface area (Å²) in [5.41, 5.74) is 1.94. The molecular weight excluding hydrogens is 377 g/mol. The Bertz CT molecular complexity index is 1050. The van der Waals surface area contributed by atoms with Crippen molar-refractivity contribution in [2.24, 2.45) is 0 Å². The average molecular weight is 397 g/mol. The van der Waals surface area contributed by atoms with Crippen LogP contribution < -0.4 is 4.72 Å². The maximum atomic E-state index is 13.3. The van der Waals surface area contributed by atoms with E-state index in [0.717, 1.165) is 5.56 Å². The fraction of sp³-hybridized carbons (Fsp3) is 0.136. The second kappa shape index (κ2) is 8.46. The summed E-state index contributed by atoms with van der Waals surface area (Å²) in [5, 5.41) is 0. The molecule has 0 aromatic heterocycles. The predicted molar refractivity (Wildman–Crippen MR) is 106 cm³/mol. The van der Waals surface area contributed by atoms with Crippen molar-refractivity contribution >= 4 is 15.8 Å². The molecule has 6 heteroatoms. The van der Waals surface area contributed by atoms with Crippen molar-refractivity contribution in [3.05, 3.63) is 101 Å². The molecule has 0 aliphatic carbocycles. The van der Waals surface area contributed by atoms with Crippen LogP contribution in [0.25, 0.3) is 0 Å². The zero-order chi connectivity index (χ0) is 20.1. The Morgan fingerprint density at radius 3 is 2.14 bits per heavy atom. The van der Waals surface area contributed by atoms with Crippen molar-refractivity contribution < 1.29 is 17.6 Å². The van der Waals surface area contributed by atoms with Crippen LogP contribution in [-0.4, -0.2) is 14.2 Å². The third kappa shape index (κ3) is 4.91. The molecule has 0 saturated carbocycles. The zero-order valence-corrected chi connectivity index (χ0v) is 16.1. The number of ketones is 1. The van der Waals surface area contributed by atoms with Gasteiger partial charge in [-0.15, -0.1) is 0 Å². The van der Waals surface area contributed by atoms with E-state index in [9.17, 15) is 17.6 Å². The topological polar surface area (TPSA) is 63.2 Å². The molecule has 144 valence electrons. The molecule has 0 aliphatic rings. The lowest BCUT2D eigenvalue weighted by Gasteiger charge is -2.19. The number of halogens is 1. The highest BCUT2D eigenvalue weighted by atomic mass is 32.2. The fourth-order valence-corrected chi connectivity index (χ4v) is 4.05. The van der Waals surface area contributed by atoms with Gasteiger partial charge < -0.3 is 0 Å². The van der Waals surface area contributed by atoms with E-state index in [1.54, 1.807) is 42.5 Å². The monoisotopic (exact) mass is 397 g/mol. The van der Waals surface area contributed by atoms with Crippen LogP contribution in [0.5, 0.6) is 0 Å². The highest BCUT2D eigenvalue weighted by Gasteiger charge is 2.24. The first-order chi connectivity index (χ1) is 13.3. The molecule has 0 spiro atoms. The van der Waals surface area contributed by atoms with Crippen LogP contribution in [0, 0.1) is 12.7 Å². The summed E-state index contributed by atoms with van der Waals surface area (Å²) in [7, 11) is -3.86. The fourth-order valence-electron chi connectivity index (χ4n) is 2.82. The summed E-state index contributed by atoms with van der Waals surface area (Å²) in [6.45, 7) is 1.86. The summed E-state index contributed by atoms with van der Waals surface area (Å²) >= 11 is 0. The Morgan fingerprint density at radius 1 is 0.929 bits per heavy atom. The molecule has 0 heterocycles. The van der Waals surface area contributed by atoms with Gasteiger partial charge in [-0.3, -0.25) is 4.79 Å². The van der Waals surface area contributed by atoms with E-state index >= 15 is 0 Å². The standard InChI is InChI=1S/C22H20FNO3S/c1-16-7-13-20(14-8-16)28(26,27)24-21(17-9-11-19(23)12-10-17)15-22(25)18-5-3-2-4-6-18/h2-14,21,24H,15H2,1H3. The number of aryl methyl sites for hydroxylation is 1. The summed E-state index contributed by atoms with van der Waals surface area (Å²) in [6, 6.07) is 19.7. The van der Waals surface area contributed by atoms with Crippen molar-refractivity contribution in [1.82, 2.24) is 4.72 Å². The van der Waals surface area contributed by atoms with E-state index < -0.39 is 21.9 Å². The third-order valence-electron chi connectivity index (χ3n) is 4.39. The molecule has 0 amide bonds. The molecule has 1 atom stereocenters. The van der Waals surface area contributed by atoms with Gasteiger partial charge in [0.1, 0.15) is 5.82 Å². The smallest absolute Gasteiger partial charge is 0.241 e. The maximum absolute atomic E-state index is 13.3. The van der Waals surface area contributed by atoms with Crippen molar-refractivity contribution in [2.75, 3.05) is 0 Å². The van der Waals surface area contributed by atoms with E-state index in [2.05, 4.69) is 4.72 Å². The lowest BCUT2D eigenvalue weighted by atomic mass is 9.99. The average Bonchev–Trinajstić information content (AvgIpc) is 2.69. The lowest BCUT2D eigenvalue weighted by molar-refractivity contribution is 0.0972. The molecule has 0 bridgehead atoms. The molecule has 28 heavy (non-hydrogen) atoms. The van der Waals surface area contributed by atoms with Gasteiger partial charge in [-0.2, -0.15) is 0 Å². The van der Waals surface area contributed by atoms with E-state index in [4.69, 9.17) is 0 Å². The lowest BCUT2D eigenvalue weighted by Crippen LogP contribution is -2.30. The largest absolute Gasteiger partial charge is 0.294 e. The Morgan fingerprint density at radius 2 is 1.54 bits per heavy atom. The Hall–Kier alpha value is -2.83. The highest BCUT2D eigenvalue weighted by molar-refractivity contribution is 7.89. The van der Waals surface area contributed by atoms with Gasteiger partial charge in [0.2, 0.25) is 10.0 Å². The minimum Gasteiger partial charge on any atom is -0.294 e. The Balaban J connectivity index is 1.90. The first-order valence-corrected chi connectivity index (χ1v) is 10.3. The summed E-state index contributed by atoms with van der Waals surface area (Å²) in [6.07, 6.45) is -0.0826. The minimum atomic E-state index is -3.86. The van der Waals surface area contributed by atoms with Crippen molar-refractivity contribution in [1.29, 1.82) is 0 Å². The molecule has 4 nitrogen and oxygen atoms in total. The minimum absolute atomic E-state index is 0.0826. The molecule has 3 aromatic rings. The summed E-state index contributed by atoms with van der Waals surface area (Å²) in [4.78, 5) is 12.8. The number of Topliss-reactive ketones (excluding diaryl/α,β-unsaturated/α-hetero) is 1. The van der Waals surface area contributed by atoms with Crippen molar-refractivity contribution in [2.45, 2.75) is 24.3 Å². The van der Waals surface area contributed by atoms with Gasteiger partial charge in [0.25, 0.3) is 0 Å². The molecule has 0 fully saturated rings. The van der Waals surface area contributed by atoms with Gasteiger partial charge in [0, 0.05) is 12.0 Å². The van der Waals surface area contributed by atoms with E-state index in [1.165, 1.54) is 36.4 Å². The highest BCUT2D eigenvalue weighted by Crippen LogP contribution is 2.23. The normalized spacial score (nSPS) is 12.5. The first-order valence-electron chi connectivity index (χ1n) is 8.78. The number of hydrogen-bond acceptors (Lipinski definition) is 3. The molecule has 3 rings (SSSR count). The van der Waals surface area contributed by atoms with Crippen molar-refractivity contribution in [3.8, 4) is 0 Å². The van der Waals surface area contributed by atoms with Gasteiger partial charge >= 0.3 is 0 Å². The van der Waals surface area contributed by atoms with Gasteiger partial charge in [-0.05, 0) is 36.8 Å². The second-order valence-electron chi connectivity index (χ2n) is 6.53. The maximum Gasteiger partial charge on any atom is 0.241 e. The van der Waals surface area contributed by atoms with E-state index in [-0.39, 0.29) is 17.1 Å². The van der Waals surface area contributed by atoms with E-state index in [1.807, 2.05) is 6.92 Å². The van der Waals surface area contributed by atoms with Crippen LogP contribution in [0.4, 0.5) is 4.39 Å². The van der Waals surface area contributed by atoms with Crippen LogP contribution in [0.15, 0.2) is 83.8 Å². The van der Waals surface area contributed by atoms with Gasteiger partial charge in [-0.1, -0.05) is 60.2 Å². The van der Waals surface area contributed by atoms with Crippen LogP contribution in [0.2, 0.25) is 0 Å². The number of carbonyl (C=O) groups excluding carboxylic acids is 1. The van der Waals surface area contributed by atoms with Crippen LogP contribution in [0.3, 0.4) is 0 Å². The Kier molecular flexibility index (Phi) is 6.02. The molecular formula is C22H20FNO3S. The molecule has 3 aromatic carbocycles. The quantitative estimate of drug-likeness (QED) is 0.600. The van der Waals surface area contributed by atoms with Gasteiger partial charge in [-0.25, -0.2) is 17.5 Å². The molecule has 1 N–H and O–H groups in total. The number of sulfonamides is 1. The van der Waals surface area contributed by atoms with Gasteiger partial charge in [0.15, 0.2) is 5.78 Å². The number of benzene rings is 3. The van der Waals surface area contributed by atoms with Crippen LogP contribution in [-0.2, 0) is 10.0 Å². The second-order valence-corrected chi connectivity index (χ2v) is 8.25. The summed E-state index contributed by atoms with van der Waals surface area (Å²) in [5.74, 6) is -0.639. The SMILES string of the molecule is Cc1ccc(S(=O)(=O)NC(CC(=O)c2ccccc2)c2ccc(F)cc2)cc1. The zero-order valence-electron chi connectivity index (χ0n) is 15.3. The van der Waals surface area contributed by atoms with Crippen molar-refractivity contribution in [3.63, 3.8) is 0 Å². The van der Waals surface area contributed by atoms with Gasteiger partial charge in [0.05, 0.1) is 10.9 Å². The first kappa shape index (κ1) is 19.9. The Labute approximate surface area is 164 Å². The van der Waals surface area contributed by atoms with Crippen LogP contribution in [0.1, 0.15) is 33.9 Å². The number of rotatable bonds is 7. The van der Waals surface area contributed by atoms with E-state index in [0.29, 0.717) is 11.1 Å². The number of carbonyl (C=O) groups is 1.